The average Bonchev–Trinajstić information content (AvgIpc) is 3.01. The van der Waals surface area contributed by atoms with Gasteiger partial charge in [-0.15, -0.1) is 0 Å². The number of thiazole rings is 1. The molecule has 0 N–H and O–H groups in total. The topological polar surface area (TPSA) is 51.7 Å². The predicted molar refractivity (Wildman–Crippen MR) is 92.1 cm³/mol. The van der Waals surface area contributed by atoms with E-state index in [9.17, 15) is 4.79 Å². The standard InChI is InChI=1S/C16H17BrN2O3S/c1-21-14-4-2-11(8-13(14)17)3-5-15(20)19-9-12(10-19)22-16-18-6-7-23-16/h2,4,6-8,12H,3,5,9-10H2,1H3. The van der Waals surface area contributed by atoms with E-state index >= 15 is 0 Å². The number of hydrogen-bond acceptors (Lipinski definition) is 5. The largest absolute Gasteiger partial charge is 0.496 e. The highest BCUT2D eigenvalue weighted by atomic mass is 79.9. The van der Waals surface area contributed by atoms with Crippen LogP contribution in [-0.4, -0.2) is 42.1 Å². The summed E-state index contributed by atoms with van der Waals surface area (Å²) in [4.78, 5) is 18.1. The second-order valence-electron chi connectivity index (χ2n) is 5.31. The van der Waals surface area contributed by atoms with Crippen molar-refractivity contribution < 1.29 is 14.3 Å². The number of nitrogens with zero attached hydrogens (tertiary/aromatic N) is 2. The number of carbonyl (C=O) groups excluding carboxylic acids is 1. The smallest absolute Gasteiger partial charge is 0.273 e. The van der Waals surface area contributed by atoms with Crippen molar-refractivity contribution >= 4 is 33.2 Å². The molecule has 0 saturated carbocycles. The predicted octanol–water partition coefficient (Wildman–Crippen LogP) is 3.14. The SMILES string of the molecule is COc1ccc(CCC(=O)N2CC(Oc3nccs3)C2)cc1Br. The van der Waals surface area contributed by atoms with Crippen LogP contribution in [0.4, 0.5) is 0 Å². The minimum atomic E-state index is 0.0697. The fraction of sp³-hybridized carbons (Fsp3) is 0.375. The third-order valence-corrected chi connectivity index (χ3v) is 5.00. The molecule has 1 amide bonds. The Hall–Kier alpha value is -1.60. The summed E-state index contributed by atoms with van der Waals surface area (Å²) < 4.78 is 11.8. The molecule has 0 aliphatic carbocycles. The summed E-state index contributed by atoms with van der Waals surface area (Å²) in [6.45, 7) is 1.29. The third kappa shape index (κ3) is 4.03. The molecule has 1 aromatic carbocycles. The number of aromatic nitrogens is 1. The Morgan fingerprint density at radius 2 is 2.30 bits per heavy atom. The summed E-state index contributed by atoms with van der Waals surface area (Å²) in [5.41, 5.74) is 1.11. The third-order valence-electron chi connectivity index (χ3n) is 3.72. The molecular formula is C16H17BrN2O3S. The summed E-state index contributed by atoms with van der Waals surface area (Å²) in [5, 5.41) is 2.55. The van der Waals surface area contributed by atoms with Crippen molar-refractivity contribution in [1.29, 1.82) is 0 Å². The first-order valence-corrected chi connectivity index (χ1v) is 8.99. The quantitative estimate of drug-likeness (QED) is 0.752. The zero-order chi connectivity index (χ0) is 16.2. The Bertz CT molecular complexity index is 672. The molecule has 122 valence electrons. The highest BCUT2D eigenvalue weighted by Crippen LogP contribution is 2.26. The van der Waals surface area contributed by atoms with E-state index in [2.05, 4.69) is 20.9 Å². The van der Waals surface area contributed by atoms with Gasteiger partial charge in [0.15, 0.2) is 0 Å². The Kier molecular flexibility index (Phi) is 5.17. The highest BCUT2D eigenvalue weighted by molar-refractivity contribution is 9.10. The van der Waals surface area contributed by atoms with Crippen LogP contribution in [-0.2, 0) is 11.2 Å². The fourth-order valence-corrected chi connectivity index (χ4v) is 3.54. The lowest BCUT2D eigenvalue weighted by Gasteiger charge is -2.38. The maximum atomic E-state index is 12.2. The van der Waals surface area contributed by atoms with Gasteiger partial charge in [-0.2, -0.15) is 0 Å². The van der Waals surface area contributed by atoms with Crippen LogP contribution >= 0.6 is 27.3 Å². The van der Waals surface area contributed by atoms with E-state index in [4.69, 9.17) is 9.47 Å². The number of rotatable bonds is 6. The van der Waals surface area contributed by atoms with Gasteiger partial charge >= 0.3 is 0 Å². The molecule has 2 heterocycles. The van der Waals surface area contributed by atoms with Crippen molar-refractivity contribution in [3.63, 3.8) is 0 Å². The molecule has 0 bridgehead atoms. The summed E-state index contributed by atoms with van der Waals surface area (Å²) >= 11 is 4.93. The molecule has 23 heavy (non-hydrogen) atoms. The van der Waals surface area contributed by atoms with Crippen molar-refractivity contribution in [1.82, 2.24) is 9.88 Å². The Morgan fingerprint density at radius 3 is 2.96 bits per heavy atom. The van der Waals surface area contributed by atoms with Gasteiger partial charge in [0.25, 0.3) is 5.19 Å². The van der Waals surface area contributed by atoms with Crippen molar-refractivity contribution in [3.8, 4) is 10.9 Å². The molecule has 3 rings (SSSR count). The van der Waals surface area contributed by atoms with E-state index in [1.807, 2.05) is 28.5 Å². The summed E-state index contributed by atoms with van der Waals surface area (Å²) in [6.07, 6.45) is 3.01. The fourth-order valence-electron chi connectivity index (χ4n) is 2.40. The van der Waals surface area contributed by atoms with Gasteiger partial charge in [-0.1, -0.05) is 17.4 Å². The number of aryl methyl sites for hydroxylation is 1. The van der Waals surface area contributed by atoms with Crippen LogP contribution in [0.15, 0.2) is 34.2 Å². The number of carbonyl (C=O) groups is 1. The van der Waals surface area contributed by atoms with Crippen molar-refractivity contribution in [2.24, 2.45) is 0 Å². The Labute approximate surface area is 147 Å². The van der Waals surface area contributed by atoms with Crippen LogP contribution in [0.2, 0.25) is 0 Å². The van der Waals surface area contributed by atoms with E-state index < -0.39 is 0 Å². The first kappa shape index (κ1) is 16.3. The van der Waals surface area contributed by atoms with Gasteiger partial charge in [-0.3, -0.25) is 4.79 Å². The van der Waals surface area contributed by atoms with Crippen LogP contribution in [0.3, 0.4) is 0 Å². The van der Waals surface area contributed by atoms with Gasteiger partial charge in [0.05, 0.1) is 24.7 Å². The van der Waals surface area contributed by atoms with Gasteiger partial charge in [0.2, 0.25) is 5.91 Å². The zero-order valence-corrected chi connectivity index (χ0v) is 15.1. The Morgan fingerprint density at radius 1 is 1.48 bits per heavy atom. The molecule has 1 aromatic heterocycles. The van der Waals surface area contributed by atoms with E-state index in [0.29, 0.717) is 24.7 Å². The van der Waals surface area contributed by atoms with Gasteiger partial charge in [0.1, 0.15) is 11.9 Å². The van der Waals surface area contributed by atoms with Gasteiger partial charge in [-0.25, -0.2) is 4.98 Å². The number of methoxy groups -OCH3 is 1. The molecule has 1 aliphatic rings. The molecule has 0 unspecified atom stereocenters. The van der Waals surface area contributed by atoms with Gasteiger partial charge < -0.3 is 14.4 Å². The second-order valence-corrected chi connectivity index (χ2v) is 7.02. The van der Waals surface area contributed by atoms with Crippen LogP contribution in [0, 0.1) is 0 Å². The van der Waals surface area contributed by atoms with E-state index in [-0.39, 0.29) is 12.0 Å². The summed E-state index contributed by atoms with van der Waals surface area (Å²) in [6, 6.07) is 5.89. The molecule has 1 fully saturated rings. The molecule has 0 atom stereocenters. The molecular weight excluding hydrogens is 380 g/mol. The van der Waals surface area contributed by atoms with Crippen molar-refractivity contribution in [2.45, 2.75) is 18.9 Å². The first-order valence-electron chi connectivity index (χ1n) is 7.32. The number of ether oxygens (including phenoxy) is 2. The molecule has 0 spiro atoms. The lowest BCUT2D eigenvalue weighted by Crippen LogP contribution is -2.56. The van der Waals surface area contributed by atoms with Crippen LogP contribution in [0.5, 0.6) is 10.9 Å². The van der Waals surface area contributed by atoms with Crippen molar-refractivity contribution in [2.75, 3.05) is 20.2 Å². The highest BCUT2D eigenvalue weighted by Gasteiger charge is 2.32. The van der Waals surface area contributed by atoms with Crippen molar-refractivity contribution in [3.05, 3.63) is 39.8 Å². The molecule has 7 heteroatoms. The van der Waals surface area contributed by atoms with Gasteiger partial charge in [-0.05, 0) is 40.0 Å². The number of halogens is 1. The average molecular weight is 397 g/mol. The number of benzene rings is 1. The van der Waals surface area contributed by atoms with E-state index in [1.165, 1.54) is 11.3 Å². The number of likely N-dealkylation sites (tertiary alicyclic amines) is 1. The van der Waals surface area contributed by atoms with Gasteiger partial charge in [0, 0.05) is 18.0 Å². The minimum Gasteiger partial charge on any atom is -0.496 e. The molecule has 2 aromatic rings. The van der Waals surface area contributed by atoms with E-state index in [1.54, 1.807) is 13.3 Å². The van der Waals surface area contributed by atoms with Crippen LogP contribution < -0.4 is 9.47 Å². The minimum absolute atomic E-state index is 0.0697. The lowest BCUT2D eigenvalue weighted by molar-refractivity contribution is -0.139. The normalized spacial score (nSPS) is 14.4. The maximum absolute atomic E-state index is 12.2. The van der Waals surface area contributed by atoms with E-state index in [0.717, 1.165) is 22.2 Å². The summed E-state index contributed by atoms with van der Waals surface area (Å²) in [5.74, 6) is 0.959. The second kappa shape index (κ2) is 7.31. The zero-order valence-electron chi connectivity index (χ0n) is 12.7. The molecule has 5 nitrogen and oxygen atoms in total. The number of hydrogen-bond donors (Lipinski definition) is 0. The van der Waals surface area contributed by atoms with Crippen LogP contribution in [0.1, 0.15) is 12.0 Å². The first-order chi connectivity index (χ1) is 11.2. The number of amides is 1. The molecule has 1 saturated heterocycles. The monoisotopic (exact) mass is 396 g/mol. The lowest BCUT2D eigenvalue weighted by atomic mass is 10.1. The van der Waals surface area contributed by atoms with Crippen LogP contribution in [0.25, 0.3) is 0 Å². The molecule has 1 aliphatic heterocycles. The maximum Gasteiger partial charge on any atom is 0.273 e. The summed E-state index contributed by atoms with van der Waals surface area (Å²) in [7, 11) is 1.64. The Balaban J connectivity index is 1.43. The molecule has 0 radical (unpaired) electrons.